The van der Waals surface area contributed by atoms with Gasteiger partial charge in [0.05, 0.1) is 22.3 Å². The molecule has 8 nitrogen and oxygen atoms in total. The van der Waals surface area contributed by atoms with E-state index in [-0.39, 0.29) is 0 Å². The highest BCUT2D eigenvalue weighted by Gasteiger charge is 2.44. The van der Waals surface area contributed by atoms with Gasteiger partial charge in [-0.2, -0.15) is 19.1 Å². The van der Waals surface area contributed by atoms with Gasteiger partial charge in [-0.1, -0.05) is 96.2 Å². The Balaban J connectivity index is 0.000000725. The number of hydrogen-bond donors (Lipinski definition) is 0. The first-order valence-electron chi connectivity index (χ1n) is 15.5. The summed E-state index contributed by atoms with van der Waals surface area (Å²) in [6.07, 6.45) is 0. The highest BCUT2D eigenvalue weighted by atomic mass is 15.3. The maximum Gasteiger partial charge on any atom is 0.276 e. The third-order valence-electron chi connectivity index (χ3n) is 8.21. The molecule has 4 aromatic carbocycles. The van der Waals surface area contributed by atoms with Crippen molar-refractivity contribution in [1.82, 2.24) is 0 Å². The monoisotopic (exact) mass is 586 g/mol. The van der Waals surface area contributed by atoms with Gasteiger partial charge in [-0.05, 0) is 48.5 Å². The molecule has 0 radical (unpaired) electrons. The van der Waals surface area contributed by atoms with Crippen molar-refractivity contribution < 1.29 is 9.15 Å². The molecule has 8 heteroatoms. The zero-order valence-corrected chi connectivity index (χ0v) is 25.5. The fraction of sp³-hybridized carbons (Fsp3) is 0.135. The molecule has 0 saturated heterocycles. The highest BCUT2D eigenvalue weighted by molar-refractivity contribution is 6.32. The number of amidine groups is 8. The minimum absolute atomic E-state index is 0.423. The molecule has 0 saturated carbocycles. The average Bonchev–Trinajstić information content (AvgIpc) is 3.81. The molecule has 6 heterocycles. The van der Waals surface area contributed by atoms with Crippen molar-refractivity contribution in [2.75, 3.05) is 6.67 Å². The molecular weight excluding hydrogens is 556 g/mol. The maximum absolute atomic E-state index is 5.22. The Morgan fingerprint density at radius 2 is 0.644 bits per heavy atom. The van der Waals surface area contributed by atoms with Gasteiger partial charge in [0.15, 0.2) is 6.67 Å². The van der Waals surface area contributed by atoms with Crippen molar-refractivity contribution in [2.24, 2.45) is 30.0 Å². The number of nitrogens with zero attached hydrogens (tertiary/aromatic N) is 8. The molecule has 10 rings (SSSR count). The Hall–Kier alpha value is -5.76. The lowest BCUT2D eigenvalue weighted by Gasteiger charge is -2.09. The molecule has 0 N–H and O–H groups in total. The topological polar surface area (TPSA) is 80.2 Å². The highest BCUT2D eigenvalue weighted by Crippen LogP contribution is 2.31. The van der Waals surface area contributed by atoms with E-state index in [0.29, 0.717) is 30.0 Å². The van der Waals surface area contributed by atoms with Crippen molar-refractivity contribution >= 4 is 46.7 Å². The van der Waals surface area contributed by atoms with Crippen molar-refractivity contribution in [2.45, 2.75) is 27.7 Å². The largest absolute Gasteiger partial charge is 0.276 e. The van der Waals surface area contributed by atoms with Crippen molar-refractivity contribution in [3.05, 3.63) is 142 Å². The van der Waals surface area contributed by atoms with Crippen LogP contribution in [-0.2, 0) is 0 Å². The average molecular weight is 587 g/mol. The van der Waals surface area contributed by atoms with Crippen LogP contribution in [0.25, 0.3) is 0 Å². The zero-order valence-electron chi connectivity index (χ0n) is 25.5. The lowest BCUT2D eigenvalue weighted by atomic mass is 10.1. The number of benzene rings is 4. The van der Waals surface area contributed by atoms with E-state index in [4.69, 9.17) is 30.0 Å². The third-order valence-corrected chi connectivity index (χ3v) is 8.21. The summed E-state index contributed by atoms with van der Waals surface area (Å²) >= 11 is 0. The minimum atomic E-state index is 0.423. The third kappa shape index (κ3) is 3.85. The second-order valence-corrected chi connectivity index (χ2v) is 10.4. The van der Waals surface area contributed by atoms with E-state index in [1.54, 1.807) is 0 Å². The predicted molar refractivity (Wildman–Crippen MR) is 181 cm³/mol. The first kappa shape index (κ1) is 26.8. The van der Waals surface area contributed by atoms with Crippen LogP contribution in [0.1, 0.15) is 72.2 Å². The predicted octanol–water partition coefficient (Wildman–Crippen LogP) is 5.88. The number of aliphatic imine (C=N–C) groups is 6. The summed E-state index contributed by atoms with van der Waals surface area (Å²) in [4.78, 5) is 30.9. The summed E-state index contributed by atoms with van der Waals surface area (Å²) in [5.41, 5.74) is 7.88. The first-order chi connectivity index (χ1) is 22.3. The molecular formula is C37H30N8+2. The Morgan fingerprint density at radius 1 is 0.356 bits per heavy atom. The van der Waals surface area contributed by atoms with Gasteiger partial charge >= 0.3 is 0 Å². The van der Waals surface area contributed by atoms with Crippen molar-refractivity contribution in [1.29, 1.82) is 0 Å². The van der Waals surface area contributed by atoms with Crippen LogP contribution in [0, 0.1) is 0 Å². The van der Waals surface area contributed by atoms with Crippen LogP contribution in [0.5, 0.6) is 0 Å². The summed E-state index contributed by atoms with van der Waals surface area (Å²) < 4.78 is 4.31. The molecule has 6 aliphatic rings. The van der Waals surface area contributed by atoms with Gasteiger partial charge in [0.1, 0.15) is 0 Å². The molecule has 0 spiro atoms. The Kier molecular flexibility index (Phi) is 6.23. The van der Waals surface area contributed by atoms with Gasteiger partial charge in [-0.3, -0.25) is 0 Å². The SMILES string of the molecule is CC.CC.c1ccc2c(c1)C1=NC2=NC2=[N+]3C[N+]4=C(N=C5N=C(N=C3c3ccccc32)c2ccccc25)c2ccccc2C4=N1. The van der Waals surface area contributed by atoms with Gasteiger partial charge in [0.2, 0.25) is 23.3 Å². The molecule has 45 heavy (non-hydrogen) atoms. The molecule has 0 amide bonds. The molecule has 6 aliphatic heterocycles. The van der Waals surface area contributed by atoms with Crippen LogP contribution in [0.15, 0.2) is 127 Å². The van der Waals surface area contributed by atoms with E-state index in [1.807, 2.05) is 76.2 Å². The Bertz CT molecular complexity index is 2060. The van der Waals surface area contributed by atoms with Gasteiger partial charge in [0, 0.05) is 22.3 Å². The van der Waals surface area contributed by atoms with Crippen molar-refractivity contribution in [3.63, 3.8) is 0 Å². The summed E-state index contributed by atoms with van der Waals surface area (Å²) in [7, 11) is 0. The summed E-state index contributed by atoms with van der Waals surface area (Å²) in [6, 6.07) is 32.9. The zero-order chi connectivity index (χ0) is 30.7. The van der Waals surface area contributed by atoms with Gasteiger partial charge < -0.3 is 0 Å². The van der Waals surface area contributed by atoms with Crippen molar-refractivity contribution in [3.8, 4) is 0 Å². The standard InChI is InChI=1S/C33H18N8.2C2H6/c1-2-10-19-18(9-1)26-34-27(19)37-31-24-15-7-8-16-25(24)33-39-29-21-12-4-3-11-20(21)28(35-29)38-32-23-14-6-5-13-22(23)30(36-26)40(32)17-41(31)33;2*1-2/h1-16H,17H2;2*1-2H3/q+2;;. The normalized spacial score (nSPS) is 17.0. The van der Waals surface area contributed by atoms with E-state index in [2.05, 4.69) is 57.7 Å². The molecule has 216 valence electrons. The fourth-order valence-electron chi connectivity index (χ4n) is 6.35. The molecule has 0 fully saturated rings. The van der Waals surface area contributed by atoms with Crippen LogP contribution >= 0.6 is 0 Å². The first-order valence-corrected chi connectivity index (χ1v) is 15.5. The van der Waals surface area contributed by atoms with Gasteiger partial charge in [-0.15, -0.1) is 0 Å². The fourth-order valence-corrected chi connectivity index (χ4v) is 6.35. The smallest absolute Gasteiger partial charge is 0.194 e. The van der Waals surface area contributed by atoms with E-state index in [1.165, 1.54) is 0 Å². The molecule has 6 bridgehead atoms. The number of hydrogen-bond acceptors (Lipinski definition) is 6. The Morgan fingerprint density at radius 3 is 1.00 bits per heavy atom. The molecule has 0 aliphatic carbocycles. The second-order valence-electron chi connectivity index (χ2n) is 10.4. The lowest BCUT2D eigenvalue weighted by Crippen LogP contribution is -2.35. The second kappa shape index (κ2) is 10.4. The van der Waals surface area contributed by atoms with Crippen LogP contribution < -0.4 is 0 Å². The quantitative estimate of drug-likeness (QED) is 0.231. The number of fused-ring (bicyclic) bond motifs is 14. The molecule has 4 aromatic rings. The van der Waals surface area contributed by atoms with Crippen LogP contribution in [0.3, 0.4) is 0 Å². The summed E-state index contributed by atoms with van der Waals surface area (Å²) in [5, 5.41) is 0. The van der Waals surface area contributed by atoms with E-state index < -0.39 is 0 Å². The maximum atomic E-state index is 5.22. The summed E-state index contributed by atoms with van der Waals surface area (Å²) in [5.74, 6) is 5.77. The van der Waals surface area contributed by atoms with Crippen LogP contribution in [0.4, 0.5) is 0 Å². The summed E-state index contributed by atoms with van der Waals surface area (Å²) in [6.45, 7) is 8.42. The van der Waals surface area contributed by atoms with Gasteiger partial charge in [-0.25, -0.2) is 0 Å². The molecule has 0 aromatic heterocycles. The minimum Gasteiger partial charge on any atom is -0.194 e. The molecule has 0 atom stereocenters. The number of rotatable bonds is 0. The Labute approximate surface area is 261 Å². The van der Waals surface area contributed by atoms with Gasteiger partial charge in [0.25, 0.3) is 23.3 Å². The van der Waals surface area contributed by atoms with E-state index >= 15 is 0 Å². The van der Waals surface area contributed by atoms with Crippen LogP contribution in [-0.4, -0.2) is 62.5 Å². The van der Waals surface area contributed by atoms with E-state index in [9.17, 15) is 0 Å². The van der Waals surface area contributed by atoms with Crippen LogP contribution in [0.2, 0.25) is 0 Å². The lowest BCUT2D eigenvalue weighted by molar-refractivity contribution is -0.621. The molecule has 0 unspecified atom stereocenters. The van der Waals surface area contributed by atoms with E-state index in [0.717, 1.165) is 67.9 Å².